The summed E-state index contributed by atoms with van der Waals surface area (Å²) in [5.41, 5.74) is 3.73. The smallest absolute Gasteiger partial charge is 0.194 e. The van der Waals surface area contributed by atoms with Crippen LogP contribution in [0.15, 0.2) is 47.5 Å². The molecule has 0 spiro atoms. The Morgan fingerprint density at radius 1 is 1.07 bits per heavy atom. The van der Waals surface area contributed by atoms with Crippen LogP contribution in [0.25, 0.3) is 0 Å². The van der Waals surface area contributed by atoms with Gasteiger partial charge in [0.15, 0.2) is 17.5 Å². The second-order valence-electron chi connectivity index (χ2n) is 6.66. The molecule has 7 heteroatoms. The first-order valence-electron chi connectivity index (χ1n) is 9.56. The van der Waals surface area contributed by atoms with Crippen molar-refractivity contribution in [2.75, 3.05) is 41.0 Å². The molecule has 0 saturated heterocycles. The van der Waals surface area contributed by atoms with Crippen LogP contribution in [0.5, 0.6) is 11.5 Å². The van der Waals surface area contributed by atoms with Gasteiger partial charge in [-0.3, -0.25) is 4.99 Å². The lowest BCUT2D eigenvalue weighted by atomic mass is 9.99. The monoisotopic (exact) mass is 511 g/mol. The largest absolute Gasteiger partial charge is 0.493 e. The molecule has 2 aromatic carbocycles. The van der Waals surface area contributed by atoms with E-state index in [1.54, 1.807) is 14.2 Å². The average Bonchev–Trinajstić information content (AvgIpc) is 2.75. The van der Waals surface area contributed by atoms with E-state index in [0.29, 0.717) is 13.2 Å². The fourth-order valence-electron chi connectivity index (χ4n) is 3.40. The third-order valence-electron chi connectivity index (χ3n) is 4.87. The quantitative estimate of drug-likeness (QED) is 0.267. The SMILES string of the molecule is CN=C(NCCOCc1ccccc1)N1CCc2cc(OC)c(OC)cc2C1.I. The van der Waals surface area contributed by atoms with Crippen LogP contribution < -0.4 is 14.8 Å². The van der Waals surface area contributed by atoms with Gasteiger partial charge < -0.3 is 24.4 Å². The number of hydrogen-bond donors (Lipinski definition) is 1. The minimum Gasteiger partial charge on any atom is -0.493 e. The number of nitrogens with one attached hydrogen (secondary N) is 1. The van der Waals surface area contributed by atoms with Gasteiger partial charge in [-0.05, 0) is 35.2 Å². The summed E-state index contributed by atoms with van der Waals surface area (Å²) in [6.45, 7) is 3.67. The molecule has 2 aromatic rings. The Labute approximate surface area is 190 Å². The van der Waals surface area contributed by atoms with E-state index in [2.05, 4.69) is 39.5 Å². The van der Waals surface area contributed by atoms with Gasteiger partial charge in [-0.1, -0.05) is 30.3 Å². The van der Waals surface area contributed by atoms with Gasteiger partial charge in [0.25, 0.3) is 0 Å². The van der Waals surface area contributed by atoms with Crippen molar-refractivity contribution in [2.45, 2.75) is 19.6 Å². The third-order valence-corrected chi connectivity index (χ3v) is 4.87. The maximum absolute atomic E-state index is 5.75. The molecule has 0 atom stereocenters. The normalized spacial score (nSPS) is 13.3. The Bertz CT molecular complexity index is 799. The minimum atomic E-state index is 0. The standard InChI is InChI=1S/C22H29N3O3.HI/c1-23-22(24-10-12-28-16-17-7-5-4-6-8-17)25-11-9-18-13-20(26-2)21(27-3)14-19(18)15-25;/h4-8,13-14H,9-12,15-16H2,1-3H3,(H,23,24);1H. The maximum Gasteiger partial charge on any atom is 0.194 e. The zero-order chi connectivity index (χ0) is 19.8. The van der Waals surface area contributed by atoms with E-state index in [-0.39, 0.29) is 24.0 Å². The van der Waals surface area contributed by atoms with E-state index in [9.17, 15) is 0 Å². The van der Waals surface area contributed by atoms with Crippen LogP contribution in [0.3, 0.4) is 0 Å². The van der Waals surface area contributed by atoms with Gasteiger partial charge in [0.05, 0.1) is 27.4 Å². The Morgan fingerprint density at radius 3 is 2.41 bits per heavy atom. The molecule has 0 fully saturated rings. The summed E-state index contributed by atoms with van der Waals surface area (Å²) >= 11 is 0. The summed E-state index contributed by atoms with van der Waals surface area (Å²) in [5, 5.41) is 3.40. The molecule has 0 aliphatic carbocycles. The molecule has 3 rings (SSSR count). The highest BCUT2D eigenvalue weighted by Gasteiger charge is 2.21. The van der Waals surface area contributed by atoms with Gasteiger partial charge in [-0.15, -0.1) is 24.0 Å². The van der Waals surface area contributed by atoms with Gasteiger partial charge in [-0.2, -0.15) is 0 Å². The summed E-state index contributed by atoms with van der Waals surface area (Å²) in [7, 11) is 5.16. The molecule has 1 N–H and O–H groups in total. The topological polar surface area (TPSA) is 55.3 Å². The summed E-state index contributed by atoms with van der Waals surface area (Å²) in [4.78, 5) is 6.69. The molecular weight excluding hydrogens is 481 g/mol. The van der Waals surface area contributed by atoms with Crippen LogP contribution in [0.2, 0.25) is 0 Å². The van der Waals surface area contributed by atoms with E-state index >= 15 is 0 Å². The lowest BCUT2D eigenvalue weighted by Crippen LogP contribution is -2.45. The van der Waals surface area contributed by atoms with Crippen molar-refractivity contribution in [1.29, 1.82) is 0 Å². The zero-order valence-corrected chi connectivity index (χ0v) is 19.6. The number of halogens is 1. The van der Waals surface area contributed by atoms with Crippen LogP contribution in [-0.4, -0.2) is 51.8 Å². The van der Waals surface area contributed by atoms with Crippen molar-refractivity contribution in [3.8, 4) is 11.5 Å². The van der Waals surface area contributed by atoms with Gasteiger partial charge in [0.2, 0.25) is 0 Å². The average molecular weight is 511 g/mol. The minimum absolute atomic E-state index is 0. The summed E-state index contributed by atoms with van der Waals surface area (Å²) in [6, 6.07) is 14.4. The molecule has 0 bridgehead atoms. The number of hydrogen-bond acceptors (Lipinski definition) is 4. The highest BCUT2D eigenvalue weighted by Crippen LogP contribution is 2.33. The highest BCUT2D eigenvalue weighted by molar-refractivity contribution is 14.0. The van der Waals surface area contributed by atoms with Gasteiger partial charge in [0, 0.05) is 26.7 Å². The van der Waals surface area contributed by atoms with Crippen molar-refractivity contribution < 1.29 is 14.2 Å². The lowest BCUT2D eigenvalue weighted by Gasteiger charge is -2.32. The van der Waals surface area contributed by atoms with E-state index in [1.165, 1.54) is 16.7 Å². The van der Waals surface area contributed by atoms with E-state index in [1.807, 2.05) is 25.2 Å². The third kappa shape index (κ3) is 6.24. The van der Waals surface area contributed by atoms with Gasteiger partial charge >= 0.3 is 0 Å². The number of guanidine groups is 1. The first-order valence-corrected chi connectivity index (χ1v) is 9.56. The first-order chi connectivity index (χ1) is 13.7. The fraction of sp³-hybridized carbons (Fsp3) is 0.409. The second-order valence-corrected chi connectivity index (χ2v) is 6.66. The Hall–Kier alpha value is -2.00. The van der Waals surface area contributed by atoms with Crippen molar-refractivity contribution in [2.24, 2.45) is 4.99 Å². The van der Waals surface area contributed by atoms with Crippen molar-refractivity contribution >= 4 is 29.9 Å². The van der Waals surface area contributed by atoms with Crippen LogP contribution in [-0.2, 0) is 24.3 Å². The number of benzene rings is 2. The molecule has 0 saturated carbocycles. The summed E-state index contributed by atoms with van der Waals surface area (Å²) in [5.74, 6) is 2.44. The van der Waals surface area contributed by atoms with E-state index in [0.717, 1.165) is 43.5 Å². The second kappa shape index (κ2) is 11.9. The molecule has 0 unspecified atom stereocenters. The molecule has 158 valence electrons. The number of rotatable bonds is 7. The molecule has 0 radical (unpaired) electrons. The van der Waals surface area contributed by atoms with Gasteiger partial charge in [0.1, 0.15) is 0 Å². The van der Waals surface area contributed by atoms with E-state index < -0.39 is 0 Å². The van der Waals surface area contributed by atoms with E-state index in [4.69, 9.17) is 14.2 Å². The summed E-state index contributed by atoms with van der Waals surface area (Å²) in [6.07, 6.45) is 0.945. The predicted octanol–water partition coefficient (Wildman–Crippen LogP) is 3.47. The molecule has 1 heterocycles. The van der Waals surface area contributed by atoms with Crippen LogP contribution in [0.1, 0.15) is 16.7 Å². The van der Waals surface area contributed by atoms with Crippen molar-refractivity contribution in [3.05, 3.63) is 59.2 Å². The predicted molar refractivity (Wildman–Crippen MR) is 127 cm³/mol. The number of methoxy groups -OCH3 is 2. The fourth-order valence-corrected chi connectivity index (χ4v) is 3.40. The van der Waals surface area contributed by atoms with Crippen molar-refractivity contribution in [1.82, 2.24) is 10.2 Å². The molecule has 0 aromatic heterocycles. The first kappa shape index (κ1) is 23.3. The molecule has 1 aliphatic rings. The number of fused-ring (bicyclic) bond motifs is 1. The Kier molecular flexibility index (Phi) is 9.53. The molecule has 1 aliphatic heterocycles. The number of ether oxygens (including phenoxy) is 3. The molecule has 0 amide bonds. The van der Waals surface area contributed by atoms with Gasteiger partial charge in [-0.25, -0.2) is 0 Å². The van der Waals surface area contributed by atoms with Crippen LogP contribution >= 0.6 is 24.0 Å². The number of aliphatic imine (C=N–C) groups is 1. The highest BCUT2D eigenvalue weighted by atomic mass is 127. The Balaban J connectivity index is 0.00000300. The summed E-state index contributed by atoms with van der Waals surface area (Å²) < 4.78 is 16.6. The number of nitrogens with zero attached hydrogens (tertiary/aromatic N) is 2. The van der Waals surface area contributed by atoms with Crippen molar-refractivity contribution in [3.63, 3.8) is 0 Å². The van der Waals surface area contributed by atoms with Crippen LogP contribution in [0.4, 0.5) is 0 Å². The van der Waals surface area contributed by atoms with Crippen LogP contribution in [0, 0.1) is 0 Å². The molecule has 6 nitrogen and oxygen atoms in total. The molecular formula is C22H30IN3O3. The Morgan fingerprint density at radius 2 is 1.76 bits per heavy atom. The molecule has 29 heavy (non-hydrogen) atoms. The lowest BCUT2D eigenvalue weighted by molar-refractivity contribution is 0.125. The zero-order valence-electron chi connectivity index (χ0n) is 17.3. The maximum atomic E-state index is 5.75.